The molecule has 1 aliphatic heterocycles. The maximum atomic E-state index is 9.51. The van der Waals surface area contributed by atoms with Crippen molar-refractivity contribution in [3.05, 3.63) is 24.0 Å². The Morgan fingerprint density at radius 1 is 1.22 bits per heavy atom. The summed E-state index contributed by atoms with van der Waals surface area (Å²) in [5, 5.41) is 9.51. The number of pyridine rings is 1. The SMILES string of the molecule is CC(C)C(C)c1ccc(N2CCC(O)CC2)cn1. The first kappa shape index (κ1) is 13.3. The summed E-state index contributed by atoms with van der Waals surface area (Å²) in [5.74, 6) is 1.12. The van der Waals surface area contributed by atoms with E-state index in [4.69, 9.17) is 0 Å². The van der Waals surface area contributed by atoms with Crippen LogP contribution in [0.5, 0.6) is 0 Å². The lowest BCUT2D eigenvalue weighted by atomic mass is 9.94. The zero-order chi connectivity index (χ0) is 13.1. The molecule has 0 bridgehead atoms. The van der Waals surface area contributed by atoms with E-state index in [-0.39, 0.29) is 6.10 Å². The molecule has 2 rings (SSSR count). The Kier molecular flexibility index (Phi) is 4.23. The summed E-state index contributed by atoms with van der Waals surface area (Å²) in [7, 11) is 0. The zero-order valence-corrected chi connectivity index (χ0v) is 11.6. The Morgan fingerprint density at radius 3 is 2.39 bits per heavy atom. The molecule has 1 aliphatic rings. The number of hydrogen-bond donors (Lipinski definition) is 1. The molecular formula is C15H24N2O. The molecule has 0 spiro atoms. The van der Waals surface area contributed by atoms with Crippen molar-refractivity contribution in [1.29, 1.82) is 0 Å². The minimum absolute atomic E-state index is 0.116. The molecule has 3 heteroatoms. The Bertz CT molecular complexity index is 367. The van der Waals surface area contributed by atoms with Gasteiger partial charge in [0.05, 0.1) is 18.0 Å². The molecular weight excluding hydrogens is 224 g/mol. The molecule has 100 valence electrons. The predicted molar refractivity (Wildman–Crippen MR) is 74.9 cm³/mol. The fourth-order valence-corrected chi connectivity index (χ4v) is 2.32. The van der Waals surface area contributed by atoms with Crippen molar-refractivity contribution < 1.29 is 5.11 Å². The van der Waals surface area contributed by atoms with Gasteiger partial charge in [-0.2, -0.15) is 0 Å². The molecule has 0 saturated carbocycles. The van der Waals surface area contributed by atoms with Gasteiger partial charge >= 0.3 is 0 Å². The molecule has 0 amide bonds. The molecule has 18 heavy (non-hydrogen) atoms. The molecule has 3 nitrogen and oxygen atoms in total. The third kappa shape index (κ3) is 3.02. The van der Waals surface area contributed by atoms with E-state index in [0.717, 1.165) is 25.9 Å². The maximum absolute atomic E-state index is 9.51. The molecule has 1 N–H and O–H groups in total. The van der Waals surface area contributed by atoms with E-state index in [2.05, 4.69) is 42.8 Å². The van der Waals surface area contributed by atoms with Crippen molar-refractivity contribution in [3.8, 4) is 0 Å². The van der Waals surface area contributed by atoms with Crippen LogP contribution in [-0.4, -0.2) is 29.3 Å². The summed E-state index contributed by atoms with van der Waals surface area (Å²) in [6.45, 7) is 8.55. The quantitative estimate of drug-likeness (QED) is 0.893. The number of hydrogen-bond acceptors (Lipinski definition) is 3. The number of nitrogens with zero attached hydrogens (tertiary/aromatic N) is 2. The van der Waals surface area contributed by atoms with Gasteiger partial charge < -0.3 is 10.0 Å². The zero-order valence-electron chi connectivity index (χ0n) is 11.6. The largest absolute Gasteiger partial charge is 0.393 e. The van der Waals surface area contributed by atoms with Crippen LogP contribution in [-0.2, 0) is 0 Å². The highest BCUT2D eigenvalue weighted by atomic mass is 16.3. The Balaban J connectivity index is 2.03. The van der Waals surface area contributed by atoms with E-state index in [1.54, 1.807) is 0 Å². The number of aliphatic hydroxyl groups is 1. The summed E-state index contributed by atoms with van der Waals surface area (Å²) in [5.41, 5.74) is 2.35. The lowest BCUT2D eigenvalue weighted by molar-refractivity contribution is 0.145. The monoisotopic (exact) mass is 248 g/mol. The minimum atomic E-state index is -0.116. The molecule has 0 aliphatic carbocycles. The van der Waals surface area contributed by atoms with Crippen LogP contribution in [0.1, 0.15) is 45.2 Å². The van der Waals surface area contributed by atoms with Crippen LogP contribution >= 0.6 is 0 Å². The van der Waals surface area contributed by atoms with Crippen molar-refractivity contribution in [2.24, 2.45) is 5.92 Å². The van der Waals surface area contributed by atoms with E-state index in [0.29, 0.717) is 11.8 Å². The topological polar surface area (TPSA) is 36.4 Å². The van der Waals surface area contributed by atoms with Gasteiger partial charge in [0.2, 0.25) is 0 Å². The highest BCUT2D eigenvalue weighted by Gasteiger charge is 2.18. The standard InChI is InChI=1S/C15H24N2O/c1-11(2)12(3)15-5-4-13(10-16-15)17-8-6-14(18)7-9-17/h4-5,10-12,14,18H,6-9H2,1-3H3. The van der Waals surface area contributed by atoms with Gasteiger partial charge in [-0.1, -0.05) is 20.8 Å². The number of rotatable bonds is 3. The average Bonchev–Trinajstić information content (AvgIpc) is 2.39. The van der Waals surface area contributed by atoms with Crippen LogP contribution in [0.4, 0.5) is 5.69 Å². The van der Waals surface area contributed by atoms with Gasteiger partial charge in [0.1, 0.15) is 0 Å². The van der Waals surface area contributed by atoms with Gasteiger partial charge in [0.25, 0.3) is 0 Å². The highest BCUT2D eigenvalue weighted by molar-refractivity contribution is 5.45. The van der Waals surface area contributed by atoms with Crippen LogP contribution in [0.25, 0.3) is 0 Å². The number of aliphatic hydroxyl groups excluding tert-OH is 1. The number of piperidine rings is 1. The number of aromatic nitrogens is 1. The molecule has 1 saturated heterocycles. The summed E-state index contributed by atoms with van der Waals surface area (Å²) in [6, 6.07) is 4.31. The molecule has 1 aromatic heterocycles. The smallest absolute Gasteiger partial charge is 0.0574 e. The average molecular weight is 248 g/mol. The third-order valence-electron chi connectivity index (χ3n) is 4.07. The fraction of sp³-hybridized carbons (Fsp3) is 0.667. The third-order valence-corrected chi connectivity index (χ3v) is 4.07. The number of anilines is 1. The summed E-state index contributed by atoms with van der Waals surface area (Å²) in [4.78, 5) is 6.90. The Hall–Kier alpha value is -1.09. The van der Waals surface area contributed by atoms with Gasteiger partial charge in [-0.05, 0) is 30.9 Å². The normalized spacial score (nSPS) is 19.3. The minimum Gasteiger partial charge on any atom is -0.393 e. The second kappa shape index (κ2) is 5.70. The molecule has 1 unspecified atom stereocenters. The molecule has 0 radical (unpaired) electrons. The van der Waals surface area contributed by atoms with Crippen molar-refractivity contribution in [1.82, 2.24) is 4.98 Å². The molecule has 2 heterocycles. The first-order valence-electron chi connectivity index (χ1n) is 6.97. The van der Waals surface area contributed by atoms with Crippen LogP contribution in [0.3, 0.4) is 0 Å². The van der Waals surface area contributed by atoms with Gasteiger partial charge in [0.15, 0.2) is 0 Å². The first-order chi connectivity index (χ1) is 8.58. The van der Waals surface area contributed by atoms with E-state index >= 15 is 0 Å². The van der Waals surface area contributed by atoms with E-state index in [1.165, 1.54) is 11.4 Å². The van der Waals surface area contributed by atoms with Crippen molar-refractivity contribution >= 4 is 5.69 Å². The fourth-order valence-electron chi connectivity index (χ4n) is 2.32. The Morgan fingerprint density at radius 2 is 1.89 bits per heavy atom. The van der Waals surface area contributed by atoms with Crippen LogP contribution < -0.4 is 4.90 Å². The van der Waals surface area contributed by atoms with Crippen molar-refractivity contribution in [2.45, 2.75) is 45.6 Å². The van der Waals surface area contributed by atoms with Gasteiger partial charge in [0, 0.05) is 24.7 Å². The Labute approximate surface area is 110 Å². The molecule has 0 aromatic carbocycles. The molecule has 1 atom stereocenters. The van der Waals surface area contributed by atoms with E-state index < -0.39 is 0 Å². The highest BCUT2D eigenvalue weighted by Crippen LogP contribution is 2.24. The summed E-state index contributed by atoms with van der Waals surface area (Å²) < 4.78 is 0. The van der Waals surface area contributed by atoms with Crippen LogP contribution in [0, 0.1) is 5.92 Å². The van der Waals surface area contributed by atoms with Crippen LogP contribution in [0.15, 0.2) is 18.3 Å². The van der Waals surface area contributed by atoms with Gasteiger partial charge in [-0.3, -0.25) is 4.98 Å². The predicted octanol–water partition coefficient (Wildman–Crippen LogP) is 2.80. The summed E-state index contributed by atoms with van der Waals surface area (Å²) in [6.07, 6.45) is 3.59. The second-order valence-electron chi connectivity index (χ2n) is 5.69. The maximum Gasteiger partial charge on any atom is 0.0574 e. The first-order valence-corrected chi connectivity index (χ1v) is 6.97. The van der Waals surface area contributed by atoms with Crippen molar-refractivity contribution in [3.63, 3.8) is 0 Å². The lowest BCUT2D eigenvalue weighted by Crippen LogP contribution is -2.35. The van der Waals surface area contributed by atoms with E-state index in [9.17, 15) is 5.11 Å². The molecule has 1 fully saturated rings. The van der Waals surface area contributed by atoms with Crippen molar-refractivity contribution in [2.75, 3.05) is 18.0 Å². The van der Waals surface area contributed by atoms with Gasteiger partial charge in [-0.25, -0.2) is 0 Å². The lowest BCUT2D eigenvalue weighted by Gasteiger charge is -2.31. The van der Waals surface area contributed by atoms with Crippen LogP contribution in [0.2, 0.25) is 0 Å². The molecule has 1 aromatic rings. The second-order valence-corrected chi connectivity index (χ2v) is 5.69. The summed E-state index contributed by atoms with van der Waals surface area (Å²) >= 11 is 0. The van der Waals surface area contributed by atoms with Gasteiger partial charge in [-0.15, -0.1) is 0 Å². The van der Waals surface area contributed by atoms with E-state index in [1.807, 2.05) is 6.20 Å².